The molecule has 1 unspecified atom stereocenters. The zero-order chi connectivity index (χ0) is 18.0. The van der Waals surface area contributed by atoms with Crippen LogP contribution in [0.5, 0.6) is 5.75 Å². The van der Waals surface area contributed by atoms with Crippen LogP contribution in [-0.4, -0.2) is 55.3 Å². The van der Waals surface area contributed by atoms with E-state index in [-0.39, 0.29) is 30.8 Å². The van der Waals surface area contributed by atoms with Crippen LogP contribution in [0.2, 0.25) is 0 Å². The average molecular weight is 346 g/mol. The topological polar surface area (TPSA) is 165 Å². The Balaban J connectivity index is 1.71. The average Bonchev–Trinajstić information content (AvgIpc) is 3.01. The number of amides is 1. The summed E-state index contributed by atoms with van der Waals surface area (Å²) in [5.74, 6) is -1.86. The number of aromatic nitrogens is 4. The molecule has 25 heavy (non-hydrogen) atoms. The van der Waals surface area contributed by atoms with Gasteiger partial charge in [-0.1, -0.05) is 12.1 Å². The van der Waals surface area contributed by atoms with Crippen molar-refractivity contribution in [2.24, 2.45) is 5.73 Å². The lowest BCUT2D eigenvalue weighted by molar-refractivity contribution is -0.122. The van der Waals surface area contributed by atoms with Crippen molar-refractivity contribution in [2.45, 2.75) is 25.5 Å². The Morgan fingerprint density at radius 3 is 3.00 bits per heavy atom. The molecule has 0 radical (unpaired) electrons. The summed E-state index contributed by atoms with van der Waals surface area (Å²) in [4.78, 5) is 23.4. The molecule has 2 heterocycles. The first-order valence-corrected chi connectivity index (χ1v) is 7.44. The first-order valence-electron chi connectivity index (χ1n) is 7.44. The summed E-state index contributed by atoms with van der Waals surface area (Å²) >= 11 is 0. The number of nitrogens with zero attached hydrogens (tertiary/aromatic N) is 4. The van der Waals surface area contributed by atoms with Crippen molar-refractivity contribution in [3.8, 4) is 5.75 Å². The predicted molar refractivity (Wildman–Crippen MR) is 83.3 cm³/mol. The third-order valence-electron chi connectivity index (χ3n) is 3.78. The smallest absolute Gasteiger partial charge is 0.534 e. The maximum Gasteiger partial charge on any atom is 0.547 e. The molecule has 1 aromatic carbocycles. The number of carbonyl (C=O) groups excluding carboxylic acids is 1. The van der Waals surface area contributed by atoms with Crippen molar-refractivity contribution in [3.63, 3.8) is 0 Å². The van der Waals surface area contributed by atoms with E-state index in [4.69, 9.17) is 15.5 Å². The van der Waals surface area contributed by atoms with Gasteiger partial charge in [-0.3, -0.25) is 4.79 Å². The summed E-state index contributed by atoms with van der Waals surface area (Å²) in [7, 11) is -1.38. The SMILES string of the molecule is NCc1nnnn1CC(=O)NC1Cc2cccc(C(=O)O)c2OB1O. The molecule has 1 amide bonds. The quantitative estimate of drug-likeness (QED) is 0.447. The van der Waals surface area contributed by atoms with Gasteiger partial charge in [0.25, 0.3) is 0 Å². The van der Waals surface area contributed by atoms with Crippen molar-refractivity contribution < 1.29 is 24.4 Å². The van der Waals surface area contributed by atoms with Gasteiger partial charge in [0, 0.05) is 0 Å². The first kappa shape index (κ1) is 16.9. The molecule has 1 aromatic heterocycles. The Morgan fingerprint density at radius 1 is 1.48 bits per heavy atom. The molecule has 5 N–H and O–H groups in total. The highest BCUT2D eigenvalue weighted by molar-refractivity contribution is 6.47. The van der Waals surface area contributed by atoms with E-state index in [2.05, 4.69) is 20.8 Å². The molecular weight excluding hydrogens is 331 g/mol. The standard InChI is InChI=1S/C13H15BN6O5/c15-5-10-17-18-19-20(10)6-11(21)16-9-4-7-2-1-3-8(13(22)23)12(7)25-14(9)24/h1-3,9,24H,4-6,15H2,(H,16,21)(H,22,23). The number of hydrogen-bond donors (Lipinski definition) is 4. The second kappa shape index (κ2) is 6.87. The van der Waals surface area contributed by atoms with E-state index in [1.807, 2.05) is 0 Å². The number of tetrazole rings is 1. The minimum absolute atomic E-state index is 0.0393. The second-order valence-electron chi connectivity index (χ2n) is 5.44. The van der Waals surface area contributed by atoms with Crippen molar-refractivity contribution >= 4 is 19.0 Å². The van der Waals surface area contributed by atoms with Gasteiger partial charge in [-0.15, -0.1) is 5.10 Å². The van der Waals surface area contributed by atoms with Gasteiger partial charge in [0.15, 0.2) is 5.82 Å². The highest BCUT2D eigenvalue weighted by Gasteiger charge is 2.37. The largest absolute Gasteiger partial charge is 0.547 e. The van der Waals surface area contributed by atoms with Gasteiger partial charge in [-0.25, -0.2) is 9.48 Å². The third kappa shape index (κ3) is 3.44. The molecule has 0 saturated heterocycles. The van der Waals surface area contributed by atoms with E-state index in [0.717, 1.165) is 0 Å². The maximum atomic E-state index is 12.2. The van der Waals surface area contributed by atoms with Crippen LogP contribution in [0.25, 0.3) is 0 Å². The van der Waals surface area contributed by atoms with E-state index in [1.165, 1.54) is 10.7 Å². The zero-order valence-electron chi connectivity index (χ0n) is 13.0. The summed E-state index contributed by atoms with van der Waals surface area (Å²) in [5, 5.41) is 32.7. The lowest BCUT2D eigenvalue weighted by Crippen LogP contribution is -2.53. The van der Waals surface area contributed by atoms with E-state index in [1.54, 1.807) is 12.1 Å². The number of carboxylic acid groups (broad SMARTS) is 1. The van der Waals surface area contributed by atoms with Crippen LogP contribution in [-0.2, 0) is 24.3 Å². The minimum Gasteiger partial charge on any atom is -0.534 e. The highest BCUT2D eigenvalue weighted by atomic mass is 16.5. The van der Waals surface area contributed by atoms with E-state index in [9.17, 15) is 14.6 Å². The number of aromatic carboxylic acids is 1. The normalized spacial score (nSPS) is 16.1. The van der Waals surface area contributed by atoms with Gasteiger partial charge < -0.3 is 25.8 Å². The number of hydrogen-bond acceptors (Lipinski definition) is 8. The van der Waals surface area contributed by atoms with Gasteiger partial charge in [0.2, 0.25) is 5.91 Å². The second-order valence-corrected chi connectivity index (χ2v) is 5.44. The van der Waals surface area contributed by atoms with Crippen LogP contribution in [0, 0.1) is 0 Å². The summed E-state index contributed by atoms with van der Waals surface area (Å²) in [6.07, 6.45) is 0.225. The Bertz CT molecular complexity index is 812. The monoisotopic (exact) mass is 346 g/mol. The number of nitrogens with two attached hydrogens (primary N) is 1. The lowest BCUT2D eigenvalue weighted by atomic mass is 9.72. The lowest BCUT2D eigenvalue weighted by Gasteiger charge is -2.28. The molecule has 0 fully saturated rings. The molecule has 1 atom stereocenters. The molecule has 12 heteroatoms. The van der Waals surface area contributed by atoms with Gasteiger partial charge >= 0.3 is 13.1 Å². The molecule has 130 valence electrons. The summed E-state index contributed by atoms with van der Waals surface area (Å²) in [6.45, 7) is -0.0778. The Labute approximate surface area is 141 Å². The maximum absolute atomic E-state index is 12.2. The van der Waals surface area contributed by atoms with Crippen molar-refractivity contribution in [1.29, 1.82) is 0 Å². The number of rotatable bonds is 5. The number of carbonyl (C=O) groups is 2. The van der Waals surface area contributed by atoms with Crippen LogP contribution in [0.1, 0.15) is 21.7 Å². The summed E-state index contributed by atoms with van der Waals surface area (Å²) < 4.78 is 6.56. The molecule has 0 aliphatic carbocycles. The minimum atomic E-state index is -1.38. The zero-order valence-corrected chi connectivity index (χ0v) is 13.0. The molecule has 2 aromatic rings. The van der Waals surface area contributed by atoms with E-state index in [0.29, 0.717) is 11.4 Å². The van der Waals surface area contributed by atoms with Crippen LogP contribution in [0.4, 0.5) is 0 Å². The fourth-order valence-corrected chi connectivity index (χ4v) is 2.60. The van der Waals surface area contributed by atoms with Gasteiger partial charge in [-0.2, -0.15) is 0 Å². The number of fused-ring (bicyclic) bond motifs is 1. The summed E-state index contributed by atoms with van der Waals surface area (Å²) in [6, 6.07) is 4.65. The summed E-state index contributed by atoms with van der Waals surface area (Å²) in [5.41, 5.74) is 6.01. The number of nitrogens with one attached hydrogen (secondary N) is 1. The number of para-hydroxylation sites is 1. The highest BCUT2D eigenvalue weighted by Crippen LogP contribution is 2.30. The third-order valence-corrected chi connectivity index (χ3v) is 3.78. The van der Waals surface area contributed by atoms with Gasteiger partial charge in [0.05, 0.1) is 18.0 Å². The van der Waals surface area contributed by atoms with Crippen molar-refractivity contribution in [2.75, 3.05) is 0 Å². The molecular formula is C13H15BN6O5. The van der Waals surface area contributed by atoms with Crippen molar-refractivity contribution in [1.82, 2.24) is 25.5 Å². The number of carboxylic acids is 1. The van der Waals surface area contributed by atoms with Crippen LogP contribution >= 0.6 is 0 Å². The molecule has 1 aliphatic heterocycles. The first-order chi connectivity index (χ1) is 12.0. The van der Waals surface area contributed by atoms with Crippen molar-refractivity contribution in [3.05, 3.63) is 35.2 Å². The molecule has 0 bridgehead atoms. The van der Waals surface area contributed by atoms with Crippen LogP contribution < -0.4 is 15.7 Å². The molecule has 3 rings (SSSR count). The van der Waals surface area contributed by atoms with Crippen LogP contribution in [0.3, 0.4) is 0 Å². The fourth-order valence-electron chi connectivity index (χ4n) is 2.60. The predicted octanol–water partition coefficient (Wildman–Crippen LogP) is -2.03. The molecule has 0 saturated carbocycles. The molecule has 1 aliphatic rings. The van der Waals surface area contributed by atoms with E-state index >= 15 is 0 Å². The Kier molecular flexibility index (Phi) is 4.63. The fraction of sp³-hybridized carbons (Fsp3) is 0.308. The number of benzene rings is 1. The Morgan fingerprint density at radius 2 is 2.28 bits per heavy atom. The Hall–Kier alpha value is -2.99. The van der Waals surface area contributed by atoms with E-state index < -0.39 is 24.9 Å². The van der Waals surface area contributed by atoms with Gasteiger partial charge in [0.1, 0.15) is 12.3 Å². The molecule has 11 nitrogen and oxygen atoms in total. The van der Waals surface area contributed by atoms with Crippen LogP contribution in [0.15, 0.2) is 18.2 Å². The molecule has 0 spiro atoms. The van der Waals surface area contributed by atoms with Gasteiger partial charge in [-0.05, 0) is 28.5 Å².